The third kappa shape index (κ3) is 9.80. The number of ether oxygens (including phenoxy) is 3. The van der Waals surface area contributed by atoms with Crippen molar-refractivity contribution in [2.45, 2.75) is 0 Å². The lowest BCUT2D eigenvalue weighted by atomic mass is 10.3. The molecule has 3 rings (SSSR count). The Bertz CT molecular complexity index is 468. The van der Waals surface area contributed by atoms with Gasteiger partial charge in [0.25, 0.3) is 0 Å². The van der Waals surface area contributed by atoms with E-state index < -0.39 is 0 Å². The molecule has 1 aromatic rings. The van der Waals surface area contributed by atoms with Gasteiger partial charge in [0.1, 0.15) is 12.4 Å². The minimum absolute atomic E-state index is 0. The van der Waals surface area contributed by atoms with Crippen molar-refractivity contribution < 1.29 is 14.2 Å². The Morgan fingerprint density at radius 1 is 0.962 bits per heavy atom. The summed E-state index contributed by atoms with van der Waals surface area (Å²) in [5, 5.41) is 0. The fraction of sp³-hybridized carbons (Fsp3) is 0.667. The first kappa shape index (κ1) is 23.3. The average molecular weight is 408 g/mol. The molecule has 0 amide bonds. The predicted octanol–water partition coefficient (Wildman–Crippen LogP) is 1.96. The van der Waals surface area contributed by atoms with Crippen molar-refractivity contribution in [3.05, 3.63) is 24.3 Å². The molecular weight excluding hydrogens is 377 g/mol. The van der Waals surface area contributed by atoms with Crippen LogP contribution in [-0.4, -0.2) is 88.0 Å². The number of benzene rings is 1. The molecular formula is C18H31Cl2N3O3. The molecule has 150 valence electrons. The van der Waals surface area contributed by atoms with Gasteiger partial charge in [0, 0.05) is 56.9 Å². The highest BCUT2D eigenvalue weighted by Gasteiger charge is 2.09. The van der Waals surface area contributed by atoms with E-state index in [9.17, 15) is 0 Å². The average Bonchev–Trinajstić information content (AvgIpc) is 2.64. The highest BCUT2D eigenvalue weighted by molar-refractivity contribution is 6.18. The maximum Gasteiger partial charge on any atom is 0.121 e. The SMILES string of the molecule is Cl.ClCCN1CCOCC1.Nc1cccc(OCCN2CCOCC2)c1. The van der Waals surface area contributed by atoms with Crippen LogP contribution in [0.1, 0.15) is 0 Å². The molecule has 0 radical (unpaired) electrons. The predicted molar refractivity (Wildman–Crippen MR) is 109 cm³/mol. The smallest absolute Gasteiger partial charge is 0.121 e. The van der Waals surface area contributed by atoms with Crippen LogP contribution in [0.4, 0.5) is 5.69 Å². The van der Waals surface area contributed by atoms with Crippen molar-refractivity contribution in [1.29, 1.82) is 0 Å². The second kappa shape index (κ2) is 14.3. The molecule has 2 N–H and O–H groups in total. The number of hydrogen-bond acceptors (Lipinski definition) is 6. The van der Waals surface area contributed by atoms with E-state index in [1.807, 2.05) is 24.3 Å². The molecule has 2 heterocycles. The number of nitrogens with two attached hydrogens (primary N) is 1. The molecule has 0 spiro atoms. The van der Waals surface area contributed by atoms with E-state index in [1.165, 1.54) is 0 Å². The van der Waals surface area contributed by atoms with Crippen molar-refractivity contribution in [2.75, 3.05) is 83.9 Å². The Morgan fingerprint density at radius 3 is 2.08 bits per heavy atom. The molecule has 0 unspecified atom stereocenters. The summed E-state index contributed by atoms with van der Waals surface area (Å²) in [7, 11) is 0. The van der Waals surface area contributed by atoms with Gasteiger partial charge in [-0.25, -0.2) is 0 Å². The topological polar surface area (TPSA) is 60.2 Å². The van der Waals surface area contributed by atoms with Gasteiger partial charge in [-0.2, -0.15) is 0 Å². The molecule has 1 aromatic carbocycles. The maximum absolute atomic E-state index is 5.67. The van der Waals surface area contributed by atoms with Crippen LogP contribution in [0.3, 0.4) is 0 Å². The fourth-order valence-corrected chi connectivity index (χ4v) is 2.91. The first-order valence-corrected chi connectivity index (χ1v) is 9.46. The van der Waals surface area contributed by atoms with Gasteiger partial charge in [-0.05, 0) is 12.1 Å². The Kier molecular flexibility index (Phi) is 12.8. The number of halogens is 2. The molecule has 0 atom stereocenters. The molecule has 0 bridgehead atoms. The Balaban J connectivity index is 0.000000290. The van der Waals surface area contributed by atoms with Gasteiger partial charge < -0.3 is 19.9 Å². The van der Waals surface area contributed by atoms with Crippen molar-refractivity contribution in [3.8, 4) is 5.75 Å². The van der Waals surface area contributed by atoms with E-state index in [0.717, 1.165) is 83.0 Å². The lowest BCUT2D eigenvalue weighted by Crippen LogP contribution is -2.38. The molecule has 26 heavy (non-hydrogen) atoms. The summed E-state index contributed by atoms with van der Waals surface area (Å²) in [4.78, 5) is 4.66. The van der Waals surface area contributed by atoms with E-state index >= 15 is 0 Å². The zero-order valence-corrected chi connectivity index (χ0v) is 16.8. The van der Waals surface area contributed by atoms with Crippen LogP contribution in [0.15, 0.2) is 24.3 Å². The first-order valence-electron chi connectivity index (χ1n) is 8.92. The van der Waals surface area contributed by atoms with E-state index in [0.29, 0.717) is 6.61 Å². The fourth-order valence-electron chi connectivity index (χ4n) is 2.67. The Morgan fingerprint density at radius 2 is 1.54 bits per heavy atom. The summed E-state index contributed by atoms with van der Waals surface area (Å²) >= 11 is 5.55. The van der Waals surface area contributed by atoms with Crippen LogP contribution in [0.5, 0.6) is 5.75 Å². The lowest BCUT2D eigenvalue weighted by Gasteiger charge is -2.26. The van der Waals surface area contributed by atoms with Gasteiger partial charge in [-0.1, -0.05) is 6.07 Å². The molecule has 2 saturated heterocycles. The molecule has 2 fully saturated rings. The van der Waals surface area contributed by atoms with Gasteiger partial charge in [0.05, 0.1) is 26.4 Å². The summed E-state index contributed by atoms with van der Waals surface area (Å²) < 4.78 is 16.1. The van der Waals surface area contributed by atoms with Gasteiger partial charge in [0.2, 0.25) is 0 Å². The van der Waals surface area contributed by atoms with Crippen LogP contribution in [-0.2, 0) is 9.47 Å². The summed E-state index contributed by atoms with van der Waals surface area (Å²) in [6.07, 6.45) is 0. The number of anilines is 1. The summed E-state index contributed by atoms with van der Waals surface area (Å²) in [5.41, 5.74) is 6.41. The molecule has 0 aromatic heterocycles. The Hall–Kier alpha value is -0.760. The lowest BCUT2D eigenvalue weighted by molar-refractivity contribution is 0.0322. The number of hydrogen-bond donors (Lipinski definition) is 1. The van der Waals surface area contributed by atoms with Crippen molar-refractivity contribution >= 4 is 29.7 Å². The minimum atomic E-state index is 0. The van der Waals surface area contributed by atoms with Gasteiger partial charge in [0.15, 0.2) is 0 Å². The summed E-state index contributed by atoms with van der Waals surface area (Å²) in [6.45, 7) is 10.1. The number of alkyl halides is 1. The standard InChI is InChI=1S/C12H18N2O2.C6H12ClNO.ClH/c13-11-2-1-3-12(10-11)16-9-6-14-4-7-15-8-5-14;7-1-2-8-3-5-9-6-4-8;/h1-3,10H,4-9,13H2;1-6H2;1H. The minimum Gasteiger partial charge on any atom is -0.492 e. The second-order valence-electron chi connectivity index (χ2n) is 6.02. The normalized spacial score (nSPS) is 18.3. The van der Waals surface area contributed by atoms with E-state index in [4.69, 9.17) is 31.5 Å². The first-order chi connectivity index (χ1) is 12.3. The van der Waals surface area contributed by atoms with Crippen molar-refractivity contribution in [3.63, 3.8) is 0 Å². The summed E-state index contributed by atoms with van der Waals surface area (Å²) in [6, 6.07) is 7.53. The molecule has 6 nitrogen and oxygen atoms in total. The Labute approximate surface area is 167 Å². The third-order valence-corrected chi connectivity index (χ3v) is 4.31. The van der Waals surface area contributed by atoms with Gasteiger partial charge in [-0.3, -0.25) is 9.80 Å². The van der Waals surface area contributed by atoms with Crippen LogP contribution in [0.2, 0.25) is 0 Å². The number of morpholine rings is 2. The number of nitrogens with zero attached hydrogens (tertiary/aromatic N) is 2. The largest absolute Gasteiger partial charge is 0.492 e. The zero-order valence-electron chi connectivity index (χ0n) is 15.3. The van der Waals surface area contributed by atoms with Gasteiger partial charge in [-0.15, -0.1) is 24.0 Å². The highest BCUT2D eigenvalue weighted by Crippen LogP contribution is 2.14. The quantitative estimate of drug-likeness (QED) is 0.574. The van der Waals surface area contributed by atoms with Crippen molar-refractivity contribution in [1.82, 2.24) is 9.80 Å². The second-order valence-corrected chi connectivity index (χ2v) is 6.40. The van der Waals surface area contributed by atoms with E-state index in [1.54, 1.807) is 0 Å². The van der Waals surface area contributed by atoms with Crippen LogP contribution in [0.25, 0.3) is 0 Å². The molecule has 0 saturated carbocycles. The van der Waals surface area contributed by atoms with Crippen molar-refractivity contribution in [2.24, 2.45) is 0 Å². The number of rotatable bonds is 6. The van der Waals surface area contributed by atoms with Crippen LogP contribution >= 0.6 is 24.0 Å². The highest BCUT2D eigenvalue weighted by atomic mass is 35.5. The number of nitrogen functional groups attached to an aromatic ring is 1. The van der Waals surface area contributed by atoms with Gasteiger partial charge >= 0.3 is 0 Å². The summed E-state index contributed by atoms with van der Waals surface area (Å²) in [5.74, 6) is 1.58. The zero-order chi connectivity index (χ0) is 17.7. The van der Waals surface area contributed by atoms with Crippen LogP contribution in [0, 0.1) is 0 Å². The van der Waals surface area contributed by atoms with E-state index in [2.05, 4.69) is 9.80 Å². The third-order valence-electron chi connectivity index (χ3n) is 4.14. The molecule has 8 heteroatoms. The molecule has 2 aliphatic rings. The maximum atomic E-state index is 5.67. The molecule has 2 aliphatic heterocycles. The van der Waals surface area contributed by atoms with E-state index in [-0.39, 0.29) is 12.4 Å². The molecule has 0 aliphatic carbocycles. The van der Waals surface area contributed by atoms with Crippen LogP contribution < -0.4 is 10.5 Å². The monoisotopic (exact) mass is 407 g/mol.